The van der Waals surface area contributed by atoms with Crippen LogP contribution in [0.1, 0.15) is 29.2 Å². The molecule has 8 nitrogen and oxygen atoms in total. The van der Waals surface area contributed by atoms with Gasteiger partial charge in [-0.3, -0.25) is 14.0 Å². The van der Waals surface area contributed by atoms with Crippen molar-refractivity contribution in [3.8, 4) is 0 Å². The minimum absolute atomic E-state index is 0.00447. The second-order valence-corrected chi connectivity index (χ2v) is 6.56. The van der Waals surface area contributed by atoms with E-state index in [-0.39, 0.29) is 11.6 Å². The van der Waals surface area contributed by atoms with Crippen LogP contribution in [0.5, 0.6) is 0 Å². The van der Waals surface area contributed by atoms with Gasteiger partial charge in [-0.25, -0.2) is 9.67 Å². The fraction of sp³-hybridized carbons (Fsp3) is 0.333. The molecule has 4 rings (SSSR count). The van der Waals surface area contributed by atoms with Crippen LogP contribution < -0.4 is 10.9 Å². The van der Waals surface area contributed by atoms with Crippen LogP contribution in [0.3, 0.4) is 0 Å². The van der Waals surface area contributed by atoms with Gasteiger partial charge in [-0.1, -0.05) is 6.07 Å². The Labute approximate surface area is 150 Å². The van der Waals surface area contributed by atoms with E-state index in [1.165, 1.54) is 10.6 Å². The predicted octanol–water partition coefficient (Wildman–Crippen LogP) is 1.41. The molecule has 1 amide bonds. The number of carbonyl (C=O) groups excluding carboxylic acids is 1. The number of amides is 1. The molecule has 0 radical (unpaired) electrons. The van der Waals surface area contributed by atoms with Gasteiger partial charge in [0.1, 0.15) is 17.0 Å². The van der Waals surface area contributed by atoms with Crippen LogP contribution in [0.25, 0.3) is 5.65 Å². The summed E-state index contributed by atoms with van der Waals surface area (Å²) in [5.74, 6) is 0.123. The zero-order valence-electron chi connectivity index (χ0n) is 14.5. The Morgan fingerprint density at radius 2 is 2.04 bits per heavy atom. The smallest absolute Gasteiger partial charge is 0.270 e. The monoisotopic (exact) mass is 352 g/mol. The number of nitrogens with zero attached hydrogens (tertiary/aromatic N) is 5. The third-order valence-electron chi connectivity index (χ3n) is 4.80. The highest BCUT2D eigenvalue weighted by atomic mass is 16.2. The van der Waals surface area contributed by atoms with Crippen molar-refractivity contribution in [1.29, 1.82) is 0 Å². The molecule has 3 aromatic heterocycles. The predicted molar refractivity (Wildman–Crippen MR) is 97.4 cm³/mol. The number of carbonyl (C=O) groups is 1. The fourth-order valence-electron chi connectivity index (χ4n) is 3.31. The van der Waals surface area contributed by atoms with E-state index < -0.39 is 11.5 Å². The van der Waals surface area contributed by atoms with Crippen molar-refractivity contribution in [1.82, 2.24) is 24.1 Å². The Balaban J connectivity index is 1.59. The Morgan fingerprint density at radius 3 is 2.85 bits per heavy atom. The van der Waals surface area contributed by atoms with Crippen LogP contribution in [-0.2, 0) is 0 Å². The Morgan fingerprint density at radius 1 is 1.23 bits per heavy atom. The number of rotatable bonds is 3. The van der Waals surface area contributed by atoms with Crippen LogP contribution in [0.15, 0.2) is 47.7 Å². The number of aromatic nitrogens is 4. The molecule has 1 fully saturated rings. The fourth-order valence-corrected chi connectivity index (χ4v) is 3.31. The maximum Gasteiger partial charge on any atom is 0.270 e. The largest absolute Gasteiger partial charge is 0.307 e. The lowest BCUT2D eigenvalue weighted by atomic mass is 10.1. The molecule has 1 aliphatic rings. The maximum atomic E-state index is 12.6. The standard InChI is InChI=1S/C18H20N6O2/c1-22-10-6-13(7-11-22)24-16(5-8-20-24)21-17(25)14-12-19-15-4-2-3-9-23(15)18(14)26/h2-5,8-9,12-13H,6-7,10-11H2,1H3,(H,21,25). The van der Waals surface area contributed by atoms with E-state index >= 15 is 0 Å². The molecule has 1 N–H and O–H groups in total. The number of anilines is 1. The third-order valence-corrected chi connectivity index (χ3v) is 4.80. The Bertz CT molecular complexity index is 1000. The van der Waals surface area contributed by atoms with Crippen LogP contribution in [0, 0.1) is 0 Å². The van der Waals surface area contributed by atoms with Gasteiger partial charge in [0, 0.05) is 18.5 Å². The van der Waals surface area contributed by atoms with E-state index in [9.17, 15) is 9.59 Å². The third kappa shape index (κ3) is 2.99. The number of fused-ring (bicyclic) bond motifs is 1. The van der Waals surface area contributed by atoms with Crippen molar-refractivity contribution in [2.75, 3.05) is 25.5 Å². The quantitative estimate of drug-likeness (QED) is 0.770. The molecule has 4 heterocycles. The number of nitrogens with one attached hydrogen (secondary N) is 1. The first kappa shape index (κ1) is 16.5. The number of piperidine rings is 1. The van der Waals surface area contributed by atoms with E-state index in [1.54, 1.807) is 36.7 Å². The lowest BCUT2D eigenvalue weighted by molar-refractivity contribution is 0.102. The summed E-state index contributed by atoms with van der Waals surface area (Å²) < 4.78 is 3.21. The van der Waals surface area contributed by atoms with Crippen molar-refractivity contribution >= 4 is 17.4 Å². The molecule has 0 saturated carbocycles. The van der Waals surface area contributed by atoms with Gasteiger partial charge in [0.15, 0.2) is 0 Å². The summed E-state index contributed by atoms with van der Waals surface area (Å²) in [6.45, 7) is 1.99. The molecular formula is C18H20N6O2. The number of likely N-dealkylation sites (tertiary alicyclic amines) is 1. The van der Waals surface area contributed by atoms with Crippen molar-refractivity contribution in [3.05, 3.63) is 58.8 Å². The highest BCUT2D eigenvalue weighted by molar-refractivity contribution is 6.03. The maximum absolute atomic E-state index is 12.6. The van der Waals surface area contributed by atoms with Crippen molar-refractivity contribution in [2.45, 2.75) is 18.9 Å². The Kier molecular flexibility index (Phi) is 4.26. The number of pyridine rings is 1. The van der Waals surface area contributed by atoms with Gasteiger partial charge in [0.05, 0.1) is 12.2 Å². The molecule has 0 aromatic carbocycles. The van der Waals surface area contributed by atoms with Crippen LogP contribution >= 0.6 is 0 Å². The van der Waals surface area contributed by atoms with Gasteiger partial charge in [0.25, 0.3) is 11.5 Å². The molecular weight excluding hydrogens is 332 g/mol. The topological polar surface area (TPSA) is 84.5 Å². The SMILES string of the molecule is CN1CCC(n2nccc2NC(=O)c2cnc3ccccn3c2=O)CC1. The van der Waals surface area contributed by atoms with E-state index in [0.717, 1.165) is 25.9 Å². The molecule has 134 valence electrons. The molecule has 0 unspecified atom stereocenters. The van der Waals surface area contributed by atoms with Gasteiger partial charge in [-0.05, 0) is 45.1 Å². The molecule has 0 bridgehead atoms. The molecule has 8 heteroatoms. The van der Waals surface area contributed by atoms with Gasteiger partial charge >= 0.3 is 0 Å². The van der Waals surface area contributed by atoms with Crippen LogP contribution in [0.4, 0.5) is 5.82 Å². The normalized spacial score (nSPS) is 16.0. The molecule has 0 atom stereocenters. The van der Waals surface area contributed by atoms with Crippen LogP contribution in [-0.4, -0.2) is 50.1 Å². The van der Waals surface area contributed by atoms with Gasteiger partial charge < -0.3 is 10.2 Å². The van der Waals surface area contributed by atoms with E-state index in [1.807, 2.05) is 4.68 Å². The first-order valence-corrected chi connectivity index (χ1v) is 8.63. The van der Waals surface area contributed by atoms with E-state index in [0.29, 0.717) is 11.5 Å². The zero-order valence-corrected chi connectivity index (χ0v) is 14.5. The van der Waals surface area contributed by atoms with Gasteiger partial charge in [-0.2, -0.15) is 5.10 Å². The minimum Gasteiger partial charge on any atom is -0.307 e. The molecule has 0 aliphatic carbocycles. The summed E-state index contributed by atoms with van der Waals surface area (Å²) in [5.41, 5.74) is 0.119. The summed E-state index contributed by atoms with van der Waals surface area (Å²) in [4.78, 5) is 31.7. The van der Waals surface area contributed by atoms with Gasteiger partial charge in [-0.15, -0.1) is 0 Å². The highest BCUT2D eigenvalue weighted by Crippen LogP contribution is 2.24. The van der Waals surface area contributed by atoms with Crippen molar-refractivity contribution in [3.63, 3.8) is 0 Å². The van der Waals surface area contributed by atoms with Crippen LogP contribution in [0.2, 0.25) is 0 Å². The first-order chi connectivity index (χ1) is 12.6. The van der Waals surface area contributed by atoms with Crippen molar-refractivity contribution < 1.29 is 4.79 Å². The summed E-state index contributed by atoms with van der Waals surface area (Å²) in [5, 5.41) is 7.18. The van der Waals surface area contributed by atoms with Gasteiger partial charge in [0.2, 0.25) is 0 Å². The summed E-state index contributed by atoms with van der Waals surface area (Å²) in [6.07, 6.45) is 6.54. The lowest BCUT2D eigenvalue weighted by Crippen LogP contribution is -2.33. The van der Waals surface area contributed by atoms with E-state index in [2.05, 4.69) is 27.3 Å². The second-order valence-electron chi connectivity index (χ2n) is 6.56. The van der Waals surface area contributed by atoms with Crippen molar-refractivity contribution in [2.24, 2.45) is 0 Å². The Hall–Kier alpha value is -3.00. The average molecular weight is 352 g/mol. The second kappa shape index (κ2) is 6.72. The lowest BCUT2D eigenvalue weighted by Gasteiger charge is -2.29. The summed E-state index contributed by atoms with van der Waals surface area (Å²) in [6, 6.07) is 7.24. The average Bonchev–Trinajstić information content (AvgIpc) is 3.11. The minimum atomic E-state index is -0.476. The first-order valence-electron chi connectivity index (χ1n) is 8.63. The molecule has 3 aromatic rings. The number of hydrogen-bond acceptors (Lipinski definition) is 5. The summed E-state index contributed by atoms with van der Waals surface area (Å²) >= 11 is 0. The van der Waals surface area contributed by atoms with E-state index in [4.69, 9.17) is 0 Å². The molecule has 1 aliphatic heterocycles. The number of hydrogen-bond donors (Lipinski definition) is 1. The zero-order chi connectivity index (χ0) is 18.1. The summed E-state index contributed by atoms with van der Waals surface area (Å²) in [7, 11) is 2.10. The molecule has 1 saturated heterocycles. The molecule has 0 spiro atoms. The molecule has 26 heavy (non-hydrogen) atoms. The highest BCUT2D eigenvalue weighted by Gasteiger charge is 2.22.